The molecule has 0 spiro atoms. The predicted molar refractivity (Wildman–Crippen MR) is 73.9 cm³/mol. The van der Waals surface area contributed by atoms with Crippen LogP contribution in [-0.2, 0) is 6.61 Å². The number of nitrogens with two attached hydrogens (primary N) is 1. The van der Waals surface area contributed by atoms with Crippen LogP contribution in [0.4, 0.5) is 10.1 Å². The van der Waals surface area contributed by atoms with E-state index in [1.165, 1.54) is 12.1 Å². The first kappa shape index (κ1) is 12.5. The second-order valence-corrected chi connectivity index (χ2v) is 4.53. The molecule has 0 radical (unpaired) electrons. The minimum Gasteiger partial charge on any atom is -0.484 e. The van der Waals surface area contributed by atoms with Crippen LogP contribution in [0, 0.1) is 12.7 Å². The summed E-state index contributed by atoms with van der Waals surface area (Å²) in [4.78, 5) is 4.29. The fourth-order valence-corrected chi connectivity index (χ4v) is 1.97. The summed E-state index contributed by atoms with van der Waals surface area (Å²) in [5.74, 6) is 0.773. The van der Waals surface area contributed by atoms with Crippen LogP contribution in [0.25, 0.3) is 11.1 Å². The Balaban J connectivity index is 1.79. The second-order valence-electron chi connectivity index (χ2n) is 4.53. The van der Waals surface area contributed by atoms with E-state index in [9.17, 15) is 4.39 Å². The van der Waals surface area contributed by atoms with Crippen molar-refractivity contribution in [3.05, 3.63) is 53.7 Å². The summed E-state index contributed by atoms with van der Waals surface area (Å²) >= 11 is 0. The number of rotatable bonds is 3. The Labute approximate surface area is 115 Å². The first-order valence-electron chi connectivity index (χ1n) is 6.16. The zero-order chi connectivity index (χ0) is 14.1. The number of oxazole rings is 1. The minimum atomic E-state index is -0.285. The number of anilines is 1. The number of nitrogens with zero attached hydrogens (tertiary/aromatic N) is 1. The van der Waals surface area contributed by atoms with Crippen LogP contribution in [-0.4, -0.2) is 4.98 Å². The summed E-state index contributed by atoms with van der Waals surface area (Å²) in [6.45, 7) is 1.96. The van der Waals surface area contributed by atoms with Crippen LogP contribution in [0.5, 0.6) is 5.75 Å². The van der Waals surface area contributed by atoms with Crippen molar-refractivity contribution in [2.75, 3.05) is 5.73 Å². The first-order valence-corrected chi connectivity index (χ1v) is 6.16. The normalized spacial score (nSPS) is 10.9. The summed E-state index contributed by atoms with van der Waals surface area (Å²) in [6, 6.07) is 9.63. The summed E-state index contributed by atoms with van der Waals surface area (Å²) in [5.41, 5.74) is 8.40. The molecule has 0 aliphatic carbocycles. The SMILES string of the molecule is Cc1cc(F)ccc1OCc1nc2cc(N)ccc2o1. The van der Waals surface area contributed by atoms with E-state index in [1.807, 2.05) is 0 Å². The summed E-state index contributed by atoms with van der Waals surface area (Å²) in [6.07, 6.45) is 0. The van der Waals surface area contributed by atoms with Crippen molar-refractivity contribution in [1.82, 2.24) is 4.98 Å². The fraction of sp³-hybridized carbons (Fsp3) is 0.133. The smallest absolute Gasteiger partial charge is 0.233 e. The van der Waals surface area contributed by atoms with Gasteiger partial charge < -0.3 is 14.9 Å². The highest BCUT2D eigenvalue weighted by Crippen LogP contribution is 2.22. The zero-order valence-corrected chi connectivity index (χ0v) is 10.9. The number of hydrogen-bond acceptors (Lipinski definition) is 4. The monoisotopic (exact) mass is 272 g/mol. The maximum atomic E-state index is 13.0. The van der Waals surface area contributed by atoms with Crippen LogP contribution < -0.4 is 10.5 Å². The highest BCUT2D eigenvalue weighted by Gasteiger charge is 2.08. The Morgan fingerprint density at radius 1 is 1.25 bits per heavy atom. The van der Waals surface area contributed by atoms with E-state index >= 15 is 0 Å². The molecule has 2 N–H and O–H groups in total. The number of ether oxygens (including phenoxy) is 1. The molecule has 0 saturated heterocycles. The molecule has 0 amide bonds. The van der Waals surface area contributed by atoms with Crippen LogP contribution in [0.2, 0.25) is 0 Å². The van der Waals surface area contributed by atoms with Gasteiger partial charge in [-0.25, -0.2) is 9.37 Å². The van der Waals surface area contributed by atoms with E-state index in [2.05, 4.69) is 4.98 Å². The van der Waals surface area contributed by atoms with Gasteiger partial charge in [0.25, 0.3) is 0 Å². The van der Waals surface area contributed by atoms with E-state index in [1.54, 1.807) is 31.2 Å². The molecule has 102 valence electrons. The summed E-state index contributed by atoms with van der Waals surface area (Å²) in [5, 5.41) is 0. The van der Waals surface area contributed by atoms with Gasteiger partial charge in [-0.1, -0.05) is 0 Å². The molecule has 0 fully saturated rings. The Morgan fingerprint density at radius 2 is 2.10 bits per heavy atom. The van der Waals surface area contributed by atoms with Crippen molar-refractivity contribution in [2.45, 2.75) is 13.5 Å². The molecule has 0 aliphatic heterocycles. The molecule has 20 heavy (non-hydrogen) atoms. The molecule has 0 bridgehead atoms. The minimum absolute atomic E-state index is 0.182. The van der Waals surface area contributed by atoms with Gasteiger partial charge in [-0.3, -0.25) is 0 Å². The lowest BCUT2D eigenvalue weighted by atomic mass is 10.2. The summed E-state index contributed by atoms with van der Waals surface area (Å²) < 4.78 is 24.1. The average molecular weight is 272 g/mol. The van der Waals surface area contributed by atoms with Crippen molar-refractivity contribution in [2.24, 2.45) is 0 Å². The Morgan fingerprint density at radius 3 is 2.90 bits per heavy atom. The molecular formula is C15H13FN2O2. The molecule has 0 saturated carbocycles. The molecule has 1 heterocycles. The van der Waals surface area contributed by atoms with E-state index in [0.29, 0.717) is 28.4 Å². The largest absolute Gasteiger partial charge is 0.484 e. The number of nitrogen functional groups attached to an aromatic ring is 1. The van der Waals surface area contributed by atoms with Gasteiger partial charge in [0.15, 0.2) is 12.2 Å². The molecule has 3 rings (SSSR count). The van der Waals surface area contributed by atoms with Crippen LogP contribution in [0.3, 0.4) is 0 Å². The van der Waals surface area contributed by atoms with Gasteiger partial charge in [-0.05, 0) is 48.9 Å². The van der Waals surface area contributed by atoms with Crippen molar-refractivity contribution in [3.63, 3.8) is 0 Å². The topological polar surface area (TPSA) is 61.3 Å². The molecule has 0 aliphatic rings. The Kier molecular flexibility index (Phi) is 3.02. The fourth-order valence-electron chi connectivity index (χ4n) is 1.97. The lowest BCUT2D eigenvalue weighted by Crippen LogP contribution is -1.97. The third-order valence-corrected chi connectivity index (χ3v) is 2.94. The number of hydrogen-bond donors (Lipinski definition) is 1. The first-order chi connectivity index (χ1) is 9.61. The van der Waals surface area contributed by atoms with Crippen LogP contribution in [0.15, 0.2) is 40.8 Å². The lowest BCUT2D eigenvalue weighted by molar-refractivity contribution is 0.265. The Hall–Kier alpha value is -2.56. The van der Waals surface area contributed by atoms with Crippen molar-refractivity contribution < 1.29 is 13.5 Å². The average Bonchev–Trinajstić information content (AvgIpc) is 2.79. The maximum Gasteiger partial charge on any atom is 0.233 e. The van der Waals surface area contributed by atoms with Crippen LogP contribution in [0.1, 0.15) is 11.5 Å². The predicted octanol–water partition coefficient (Wildman–Crippen LogP) is 3.44. The molecule has 0 atom stereocenters. The summed E-state index contributed by atoms with van der Waals surface area (Å²) in [7, 11) is 0. The van der Waals surface area contributed by atoms with E-state index in [-0.39, 0.29) is 12.4 Å². The molecular weight excluding hydrogens is 259 g/mol. The zero-order valence-electron chi connectivity index (χ0n) is 10.9. The number of fused-ring (bicyclic) bond motifs is 1. The van der Waals surface area contributed by atoms with Crippen LogP contribution >= 0.6 is 0 Å². The van der Waals surface area contributed by atoms with Gasteiger partial charge in [-0.2, -0.15) is 0 Å². The van der Waals surface area contributed by atoms with Gasteiger partial charge >= 0.3 is 0 Å². The number of halogens is 1. The van der Waals surface area contributed by atoms with Gasteiger partial charge in [0.05, 0.1) is 0 Å². The van der Waals surface area contributed by atoms with Gasteiger partial charge in [0.1, 0.15) is 17.1 Å². The molecule has 1 aromatic heterocycles. The number of aromatic nitrogens is 1. The third kappa shape index (κ3) is 2.42. The molecule has 2 aromatic carbocycles. The Bertz CT molecular complexity index is 768. The molecule has 5 heteroatoms. The van der Waals surface area contributed by atoms with Gasteiger partial charge in [-0.15, -0.1) is 0 Å². The standard InChI is InChI=1S/C15H13FN2O2/c1-9-6-10(16)2-4-13(9)19-8-15-18-12-7-11(17)3-5-14(12)20-15/h2-7H,8,17H2,1H3. The third-order valence-electron chi connectivity index (χ3n) is 2.94. The van der Waals surface area contributed by atoms with Crippen molar-refractivity contribution in [1.29, 1.82) is 0 Å². The highest BCUT2D eigenvalue weighted by atomic mass is 19.1. The molecule has 0 unspecified atom stereocenters. The molecule has 4 nitrogen and oxygen atoms in total. The molecule has 3 aromatic rings. The van der Waals surface area contributed by atoms with E-state index in [4.69, 9.17) is 14.9 Å². The van der Waals surface area contributed by atoms with Crippen molar-refractivity contribution >= 4 is 16.8 Å². The quantitative estimate of drug-likeness (QED) is 0.742. The van der Waals surface area contributed by atoms with Gasteiger partial charge in [0.2, 0.25) is 5.89 Å². The second kappa shape index (κ2) is 4.85. The highest BCUT2D eigenvalue weighted by molar-refractivity contribution is 5.76. The number of aryl methyl sites for hydroxylation is 1. The lowest BCUT2D eigenvalue weighted by Gasteiger charge is -2.06. The van der Waals surface area contributed by atoms with E-state index in [0.717, 1.165) is 5.56 Å². The number of benzene rings is 2. The maximum absolute atomic E-state index is 13.0. The van der Waals surface area contributed by atoms with Crippen molar-refractivity contribution in [3.8, 4) is 5.75 Å². The van der Waals surface area contributed by atoms with Gasteiger partial charge in [0, 0.05) is 5.69 Å². The van der Waals surface area contributed by atoms with E-state index < -0.39 is 0 Å².